The lowest BCUT2D eigenvalue weighted by atomic mass is 10.4. The molecule has 2 heterocycles. The van der Waals surface area contributed by atoms with Crippen LogP contribution in [0.3, 0.4) is 0 Å². The normalized spacial score (nSPS) is 9.00. The van der Waals surface area contributed by atoms with Crippen LogP contribution in [-0.2, 0) is 7.05 Å². The molecule has 0 aliphatic rings. The fraction of sp³-hybridized carbons (Fsp3) is 0.143. The fourth-order valence-corrected chi connectivity index (χ4v) is 1.15. The van der Waals surface area contributed by atoms with Crippen molar-refractivity contribution < 1.29 is 0 Å². The zero-order valence-electron chi connectivity index (χ0n) is 6.97. The minimum Gasteiger partial charge on any atom is -0.382 e. The van der Waals surface area contributed by atoms with E-state index in [1.807, 2.05) is 23.9 Å². The smallest absolute Gasteiger partial charge is 0.151 e. The van der Waals surface area contributed by atoms with Crippen LogP contribution in [0.2, 0.25) is 0 Å². The molecule has 0 saturated heterocycles. The standard InChI is InChI=1S/C7H8N4.2ClH/c1-11-3-2-5-6(11)7(8)10-4-9-5;;/h2-4H,1H3,(H2,8,9,10);2*1H. The van der Waals surface area contributed by atoms with Gasteiger partial charge in [-0.25, -0.2) is 9.97 Å². The second-order valence-corrected chi connectivity index (χ2v) is 2.42. The molecule has 0 aromatic carbocycles. The summed E-state index contributed by atoms with van der Waals surface area (Å²) in [4.78, 5) is 7.94. The molecule has 0 radical (unpaired) electrons. The number of nitrogens with zero attached hydrogens (tertiary/aromatic N) is 3. The molecule has 2 aromatic rings. The second kappa shape index (κ2) is 4.30. The first-order chi connectivity index (χ1) is 5.29. The Kier molecular flexibility index (Phi) is 3.97. The number of hydrogen-bond donors (Lipinski definition) is 1. The summed E-state index contributed by atoms with van der Waals surface area (Å²) in [7, 11) is 1.92. The summed E-state index contributed by atoms with van der Waals surface area (Å²) in [5.74, 6) is 0.530. The molecule has 0 saturated carbocycles. The van der Waals surface area contributed by atoms with Gasteiger partial charge in [-0.2, -0.15) is 0 Å². The van der Waals surface area contributed by atoms with Crippen LogP contribution >= 0.6 is 24.8 Å². The number of aromatic nitrogens is 3. The van der Waals surface area contributed by atoms with Gasteiger partial charge in [-0.05, 0) is 6.07 Å². The second-order valence-electron chi connectivity index (χ2n) is 2.42. The zero-order valence-corrected chi connectivity index (χ0v) is 8.60. The lowest BCUT2D eigenvalue weighted by molar-refractivity contribution is 0.965. The molecule has 2 aromatic heterocycles. The van der Waals surface area contributed by atoms with Crippen molar-refractivity contribution in [3.63, 3.8) is 0 Å². The molecule has 4 nitrogen and oxygen atoms in total. The van der Waals surface area contributed by atoms with Crippen LogP contribution in [0, 0.1) is 0 Å². The molecule has 0 spiro atoms. The Bertz CT molecular complexity index is 398. The predicted molar refractivity (Wildman–Crippen MR) is 57.4 cm³/mol. The first kappa shape index (κ1) is 12.0. The zero-order chi connectivity index (χ0) is 7.84. The van der Waals surface area contributed by atoms with Gasteiger partial charge >= 0.3 is 0 Å². The van der Waals surface area contributed by atoms with Gasteiger partial charge < -0.3 is 10.3 Å². The Labute approximate surface area is 88.0 Å². The third-order valence-corrected chi connectivity index (χ3v) is 1.69. The van der Waals surface area contributed by atoms with Gasteiger partial charge in [0.05, 0.1) is 5.52 Å². The fourth-order valence-electron chi connectivity index (χ4n) is 1.15. The number of rotatable bonds is 0. The van der Waals surface area contributed by atoms with Gasteiger partial charge in [-0.3, -0.25) is 0 Å². The van der Waals surface area contributed by atoms with Gasteiger partial charge in [0.25, 0.3) is 0 Å². The molecule has 2 rings (SSSR count). The van der Waals surface area contributed by atoms with Crippen molar-refractivity contribution >= 4 is 41.7 Å². The van der Waals surface area contributed by atoms with Crippen molar-refractivity contribution in [2.45, 2.75) is 0 Å². The van der Waals surface area contributed by atoms with Gasteiger partial charge in [-0.15, -0.1) is 24.8 Å². The Balaban J connectivity index is 0.000000720. The first-order valence-electron chi connectivity index (χ1n) is 3.30. The van der Waals surface area contributed by atoms with E-state index in [0.717, 1.165) is 11.0 Å². The molecule has 2 N–H and O–H groups in total. The number of nitrogen functional groups attached to an aromatic ring is 1. The van der Waals surface area contributed by atoms with E-state index in [9.17, 15) is 0 Å². The molecular weight excluding hydrogens is 211 g/mol. The van der Waals surface area contributed by atoms with E-state index in [4.69, 9.17) is 5.73 Å². The first-order valence-corrected chi connectivity index (χ1v) is 3.30. The highest BCUT2D eigenvalue weighted by atomic mass is 35.5. The molecule has 6 heteroatoms. The Morgan fingerprint density at radius 3 is 2.62 bits per heavy atom. The van der Waals surface area contributed by atoms with Crippen molar-refractivity contribution in [2.24, 2.45) is 7.05 Å². The number of fused-ring (bicyclic) bond motifs is 1. The van der Waals surface area contributed by atoms with E-state index >= 15 is 0 Å². The molecular formula is C7H10Cl2N4. The predicted octanol–water partition coefficient (Wildman–Crippen LogP) is 1.39. The highest BCUT2D eigenvalue weighted by Crippen LogP contribution is 2.15. The Hall–Kier alpha value is -1.00. The minimum atomic E-state index is 0. The van der Waals surface area contributed by atoms with Gasteiger partial charge in [0, 0.05) is 13.2 Å². The lowest BCUT2D eigenvalue weighted by Gasteiger charge is -1.96. The summed E-state index contributed by atoms with van der Waals surface area (Å²) in [5.41, 5.74) is 7.41. The summed E-state index contributed by atoms with van der Waals surface area (Å²) in [5, 5.41) is 0. The summed E-state index contributed by atoms with van der Waals surface area (Å²) >= 11 is 0. The van der Waals surface area contributed by atoms with Crippen LogP contribution in [-0.4, -0.2) is 14.5 Å². The number of aryl methyl sites for hydroxylation is 1. The average molecular weight is 221 g/mol. The van der Waals surface area contributed by atoms with Crippen LogP contribution in [0.5, 0.6) is 0 Å². The maximum absolute atomic E-state index is 5.63. The largest absolute Gasteiger partial charge is 0.382 e. The van der Waals surface area contributed by atoms with Crippen molar-refractivity contribution in [1.29, 1.82) is 0 Å². The average Bonchev–Trinajstić information content (AvgIpc) is 2.34. The summed E-state index contributed by atoms with van der Waals surface area (Å²) in [6.45, 7) is 0. The van der Waals surface area contributed by atoms with E-state index in [1.54, 1.807) is 0 Å². The Morgan fingerprint density at radius 1 is 1.31 bits per heavy atom. The van der Waals surface area contributed by atoms with E-state index in [1.165, 1.54) is 6.33 Å². The number of halogens is 2. The SMILES string of the molecule is Cl.Cl.Cn1ccc2ncnc(N)c21. The molecule has 0 aliphatic heterocycles. The van der Waals surface area contributed by atoms with E-state index < -0.39 is 0 Å². The molecule has 0 fully saturated rings. The lowest BCUT2D eigenvalue weighted by Crippen LogP contribution is -1.95. The summed E-state index contributed by atoms with van der Waals surface area (Å²) in [6.07, 6.45) is 3.38. The van der Waals surface area contributed by atoms with Crippen molar-refractivity contribution in [2.75, 3.05) is 5.73 Å². The maximum atomic E-state index is 5.63. The number of nitrogens with two attached hydrogens (primary N) is 1. The third kappa shape index (κ3) is 1.84. The highest BCUT2D eigenvalue weighted by Gasteiger charge is 2.01. The quantitative estimate of drug-likeness (QED) is 0.731. The molecule has 0 unspecified atom stereocenters. The van der Waals surface area contributed by atoms with E-state index in [-0.39, 0.29) is 24.8 Å². The van der Waals surface area contributed by atoms with Gasteiger partial charge in [0.15, 0.2) is 5.82 Å². The third-order valence-electron chi connectivity index (χ3n) is 1.69. The van der Waals surface area contributed by atoms with Crippen LogP contribution in [0.4, 0.5) is 5.82 Å². The molecule has 0 bridgehead atoms. The van der Waals surface area contributed by atoms with Crippen LogP contribution in [0.1, 0.15) is 0 Å². The maximum Gasteiger partial charge on any atom is 0.151 e. The van der Waals surface area contributed by atoms with E-state index in [0.29, 0.717) is 5.82 Å². The topological polar surface area (TPSA) is 56.7 Å². The van der Waals surface area contributed by atoms with E-state index in [2.05, 4.69) is 9.97 Å². The van der Waals surface area contributed by atoms with Crippen molar-refractivity contribution in [1.82, 2.24) is 14.5 Å². The molecule has 0 amide bonds. The van der Waals surface area contributed by atoms with Gasteiger partial charge in [-0.1, -0.05) is 0 Å². The molecule has 0 aliphatic carbocycles. The van der Waals surface area contributed by atoms with Gasteiger partial charge in [0.2, 0.25) is 0 Å². The van der Waals surface area contributed by atoms with Crippen molar-refractivity contribution in [3.05, 3.63) is 18.6 Å². The van der Waals surface area contributed by atoms with Crippen LogP contribution in [0.25, 0.3) is 11.0 Å². The summed E-state index contributed by atoms with van der Waals surface area (Å²) in [6, 6.07) is 1.91. The molecule has 72 valence electrons. The van der Waals surface area contributed by atoms with Crippen LogP contribution in [0.15, 0.2) is 18.6 Å². The highest BCUT2D eigenvalue weighted by molar-refractivity contribution is 5.86. The molecule has 0 atom stereocenters. The monoisotopic (exact) mass is 220 g/mol. The summed E-state index contributed by atoms with van der Waals surface area (Å²) < 4.78 is 1.91. The van der Waals surface area contributed by atoms with Gasteiger partial charge in [0.1, 0.15) is 11.8 Å². The Morgan fingerprint density at radius 2 is 2.00 bits per heavy atom. The number of anilines is 1. The number of hydrogen-bond acceptors (Lipinski definition) is 3. The minimum absolute atomic E-state index is 0. The molecule has 13 heavy (non-hydrogen) atoms. The van der Waals surface area contributed by atoms with Crippen molar-refractivity contribution in [3.8, 4) is 0 Å². The van der Waals surface area contributed by atoms with Crippen LogP contribution < -0.4 is 5.73 Å².